The smallest absolute Gasteiger partial charge is 0.186 e. The van der Waals surface area contributed by atoms with Crippen LogP contribution in [0.4, 0.5) is 5.82 Å². The molecule has 0 aliphatic heterocycles. The van der Waals surface area contributed by atoms with Gasteiger partial charge in [-0.05, 0) is 30.2 Å². The van der Waals surface area contributed by atoms with Gasteiger partial charge in [-0.25, -0.2) is 4.68 Å². The molecule has 0 spiro atoms. The molecule has 0 amide bonds. The van der Waals surface area contributed by atoms with Gasteiger partial charge in [0, 0.05) is 0 Å². The van der Waals surface area contributed by atoms with E-state index in [1.807, 2.05) is 12.1 Å². The van der Waals surface area contributed by atoms with Gasteiger partial charge in [-0.1, -0.05) is 13.8 Å². The van der Waals surface area contributed by atoms with Gasteiger partial charge in [0.05, 0.1) is 28.4 Å². The molecule has 0 unspecified atom stereocenters. The van der Waals surface area contributed by atoms with E-state index in [1.165, 1.54) is 0 Å². The minimum absolute atomic E-state index is 0.247. The number of anilines is 1. The summed E-state index contributed by atoms with van der Waals surface area (Å²) in [7, 11) is 0. The van der Waals surface area contributed by atoms with Gasteiger partial charge in [0.2, 0.25) is 0 Å². The number of benzene rings is 1. The molecule has 6 nitrogen and oxygen atoms in total. The van der Waals surface area contributed by atoms with Crippen molar-refractivity contribution in [3.8, 4) is 11.8 Å². The van der Waals surface area contributed by atoms with Crippen LogP contribution in [0.3, 0.4) is 0 Å². The van der Waals surface area contributed by atoms with E-state index in [1.54, 1.807) is 16.8 Å². The summed E-state index contributed by atoms with van der Waals surface area (Å²) in [6, 6.07) is 9.31. The molecule has 3 N–H and O–H groups in total. The zero-order chi connectivity index (χ0) is 14.3. The molecule has 20 heavy (non-hydrogen) atoms. The molecule has 0 fully saturated rings. The van der Waals surface area contributed by atoms with Gasteiger partial charge in [0.25, 0.3) is 0 Å². The summed E-state index contributed by atoms with van der Waals surface area (Å²) in [5.41, 5.74) is 9.02. The molecular weight excluding hydrogens is 252 g/mol. The zero-order valence-electron chi connectivity index (χ0n) is 11.3. The maximum Gasteiger partial charge on any atom is 0.186 e. The summed E-state index contributed by atoms with van der Waals surface area (Å²) in [6.07, 6.45) is 0. The lowest BCUT2D eigenvalue weighted by Crippen LogP contribution is -1.99. The molecule has 2 aromatic heterocycles. The standard InChI is InChI=1S/C14H14N6/c1-8(2)12-11-13(16)17-18-14(11)20(19-12)10-5-3-9(7-15)4-6-10/h3-6,8H,1-2H3,(H3,16,17,18). The van der Waals surface area contributed by atoms with E-state index in [9.17, 15) is 0 Å². The third-order valence-corrected chi connectivity index (χ3v) is 3.23. The molecule has 100 valence electrons. The van der Waals surface area contributed by atoms with Gasteiger partial charge in [-0.2, -0.15) is 15.5 Å². The fourth-order valence-corrected chi connectivity index (χ4v) is 2.22. The van der Waals surface area contributed by atoms with Crippen LogP contribution in [0.1, 0.15) is 31.0 Å². The van der Waals surface area contributed by atoms with Crippen LogP contribution >= 0.6 is 0 Å². The topological polar surface area (TPSA) is 96.3 Å². The predicted molar refractivity (Wildman–Crippen MR) is 76.4 cm³/mol. The number of fused-ring (bicyclic) bond motifs is 1. The highest BCUT2D eigenvalue weighted by Crippen LogP contribution is 2.29. The molecule has 2 heterocycles. The molecule has 1 aromatic carbocycles. The maximum absolute atomic E-state index is 8.84. The number of H-pyrrole nitrogens is 1. The average molecular weight is 266 g/mol. The summed E-state index contributed by atoms with van der Waals surface area (Å²) in [5.74, 6) is 0.778. The van der Waals surface area contributed by atoms with E-state index in [2.05, 4.69) is 35.2 Å². The van der Waals surface area contributed by atoms with Gasteiger partial charge >= 0.3 is 0 Å². The van der Waals surface area contributed by atoms with Crippen molar-refractivity contribution in [1.29, 1.82) is 5.26 Å². The SMILES string of the molecule is CC(C)c1nn(-c2ccc(C#N)cc2)c2n[nH]c(N)c12. The average Bonchev–Trinajstić information content (AvgIpc) is 3.00. The van der Waals surface area contributed by atoms with Crippen molar-refractivity contribution in [2.45, 2.75) is 19.8 Å². The molecule has 0 saturated carbocycles. The predicted octanol–water partition coefficient (Wildman–Crippen LogP) is 2.33. The van der Waals surface area contributed by atoms with E-state index < -0.39 is 0 Å². The van der Waals surface area contributed by atoms with Crippen molar-refractivity contribution in [3.63, 3.8) is 0 Å². The van der Waals surface area contributed by atoms with Crippen LogP contribution in [0.25, 0.3) is 16.7 Å². The van der Waals surface area contributed by atoms with Gasteiger partial charge in [-0.15, -0.1) is 0 Å². The number of nitriles is 1. The van der Waals surface area contributed by atoms with E-state index in [-0.39, 0.29) is 5.92 Å². The Morgan fingerprint density at radius 3 is 2.60 bits per heavy atom. The molecule has 0 bridgehead atoms. The third kappa shape index (κ3) is 1.72. The second-order valence-corrected chi connectivity index (χ2v) is 4.95. The highest BCUT2D eigenvalue weighted by atomic mass is 15.4. The highest BCUT2D eigenvalue weighted by Gasteiger charge is 2.19. The normalized spacial score (nSPS) is 11.1. The number of hydrogen-bond donors (Lipinski definition) is 2. The molecule has 3 aromatic rings. The fourth-order valence-electron chi connectivity index (χ4n) is 2.22. The van der Waals surface area contributed by atoms with Gasteiger partial charge in [0.1, 0.15) is 5.82 Å². The number of rotatable bonds is 2. The number of nitrogens with two attached hydrogens (primary N) is 1. The van der Waals surface area contributed by atoms with Gasteiger partial charge in [0.15, 0.2) is 5.65 Å². The third-order valence-electron chi connectivity index (χ3n) is 3.23. The number of aromatic nitrogens is 4. The Balaban J connectivity index is 2.23. The lowest BCUT2D eigenvalue weighted by Gasteiger charge is -2.02. The molecule has 0 radical (unpaired) electrons. The summed E-state index contributed by atoms with van der Waals surface area (Å²) < 4.78 is 1.75. The molecule has 0 atom stereocenters. The Morgan fingerprint density at radius 1 is 1.30 bits per heavy atom. The van der Waals surface area contributed by atoms with E-state index in [0.717, 1.165) is 16.8 Å². The van der Waals surface area contributed by atoms with Crippen LogP contribution in [0.15, 0.2) is 24.3 Å². The number of aromatic amines is 1. The monoisotopic (exact) mass is 266 g/mol. The lowest BCUT2D eigenvalue weighted by atomic mass is 10.1. The van der Waals surface area contributed by atoms with Crippen molar-refractivity contribution in [3.05, 3.63) is 35.5 Å². The summed E-state index contributed by atoms with van der Waals surface area (Å²) in [6.45, 7) is 4.13. The lowest BCUT2D eigenvalue weighted by molar-refractivity contribution is 0.772. The van der Waals surface area contributed by atoms with E-state index in [0.29, 0.717) is 17.0 Å². The van der Waals surface area contributed by atoms with Crippen LogP contribution in [-0.4, -0.2) is 20.0 Å². The highest BCUT2D eigenvalue weighted by molar-refractivity contribution is 5.90. The van der Waals surface area contributed by atoms with E-state index >= 15 is 0 Å². The largest absolute Gasteiger partial charge is 0.383 e. The summed E-state index contributed by atoms with van der Waals surface area (Å²) in [4.78, 5) is 0. The Bertz CT molecular complexity index is 801. The van der Waals surface area contributed by atoms with Crippen molar-refractivity contribution < 1.29 is 0 Å². The first-order chi connectivity index (χ1) is 9.61. The quantitative estimate of drug-likeness (QED) is 0.744. The molecule has 6 heteroatoms. The van der Waals surface area contributed by atoms with Crippen molar-refractivity contribution in [2.24, 2.45) is 0 Å². The number of nitrogen functional groups attached to an aromatic ring is 1. The zero-order valence-corrected chi connectivity index (χ0v) is 11.3. The Hall–Kier alpha value is -2.81. The van der Waals surface area contributed by atoms with Gasteiger partial charge < -0.3 is 5.73 Å². The Morgan fingerprint density at radius 2 is 2.00 bits per heavy atom. The molecule has 0 saturated heterocycles. The minimum Gasteiger partial charge on any atom is -0.383 e. The second-order valence-electron chi connectivity index (χ2n) is 4.95. The Kier molecular flexibility index (Phi) is 2.68. The number of nitrogens with zero attached hydrogens (tertiary/aromatic N) is 4. The van der Waals surface area contributed by atoms with Crippen LogP contribution in [0.5, 0.6) is 0 Å². The van der Waals surface area contributed by atoms with Crippen LogP contribution in [0.2, 0.25) is 0 Å². The second kappa shape index (κ2) is 4.38. The number of nitrogens with one attached hydrogen (secondary N) is 1. The first-order valence-electron chi connectivity index (χ1n) is 6.35. The van der Waals surface area contributed by atoms with Crippen LogP contribution in [-0.2, 0) is 0 Å². The maximum atomic E-state index is 8.84. The van der Waals surface area contributed by atoms with Crippen molar-refractivity contribution in [1.82, 2.24) is 20.0 Å². The number of hydrogen-bond acceptors (Lipinski definition) is 4. The van der Waals surface area contributed by atoms with Crippen molar-refractivity contribution in [2.75, 3.05) is 5.73 Å². The van der Waals surface area contributed by atoms with E-state index in [4.69, 9.17) is 11.0 Å². The Labute approximate surface area is 115 Å². The minimum atomic E-state index is 0.247. The fraction of sp³-hybridized carbons (Fsp3) is 0.214. The molecule has 3 rings (SSSR count). The van der Waals surface area contributed by atoms with Crippen LogP contribution < -0.4 is 5.73 Å². The molecular formula is C14H14N6. The molecule has 0 aliphatic rings. The van der Waals surface area contributed by atoms with Crippen molar-refractivity contribution >= 4 is 16.9 Å². The first-order valence-corrected chi connectivity index (χ1v) is 6.35. The molecule has 0 aliphatic carbocycles. The van der Waals surface area contributed by atoms with Gasteiger partial charge in [-0.3, -0.25) is 5.10 Å². The summed E-state index contributed by atoms with van der Waals surface area (Å²) in [5, 5.41) is 21.3. The van der Waals surface area contributed by atoms with Crippen LogP contribution in [0, 0.1) is 11.3 Å². The summed E-state index contributed by atoms with van der Waals surface area (Å²) >= 11 is 0. The first kappa shape index (κ1) is 12.2.